The monoisotopic (exact) mass is 271 g/mol. The van der Waals surface area contributed by atoms with E-state index in [-0.39, 0.29) is 0 Å². The lowest BCUT2D eigenvalue weighted by molar-refractivity contribution is 0.0145. The van der Waals surface area contributed by atoms with Gasteiger partial charge in [-0.25, -0.2) is 0 Å². The largest absolute Gasteiger partial charge is 0.389 e. The van der Waals surface area contributed by atoms with E-state index in [4.69, 9.17) is 11.6 Å². The third kappa shape index (κ3) is 2.87. The normalized spacial score (nSPS) is 18.8. The minimum atomic E-state index is -0.503. The fraction of sp³-hybridized carbons (Fsp3) is 0.769. The molecule has 5 heteroatoms. The van der Waals surface area contributed by atoms with Crippen molar-refractivity contribution >= 4 is 11.6 Å². The van der Waals surface area contributed by atoms with Gasteiger partial charge in [0.05, 0.1) is 11.3 Å². The molecule has 0 aromatic carbocycles. The summed E-state index contributed by atoms with van der Waals surface area (Å²) >= 11 is 6.22. The maximum Gasteiger partial charge on any atom is 0.131 e. The highest BCUT2D eigenvalue weighted by molar-refractivity contribution is 6.30. The molecule has 1 saturated carbocycles. The minimum absolute atomic E-state index is 0.503. The molecule has 0 atom stereocenters. The van der Waals surface area contributed by atoms with Gasteiger partial charge in [-0.2, -0.15) is 5.10 Å². The molecule has 0 amide bonds. The Morgan fingerprint density at radius 2 is 2.06 bits per heavy atom. The van der Waals surface area contributed by atoms with Crippen molar-refractivity contribution in [1.29, 1.82) is 0 Å². The molecule has 1 N–H and O–H groups in total. The molecule has 1 aromatic rings. The fourth-order valence-electron chi connectivity index (χ4n) is 2.87. The van der Waals surface area contributed by atoms with Crippen LogP contribution in [0.5, 0.6) is 0 Å². The van der Waals surface area contributed by atoms with Gasteiger partial charge in [-0.15, -0.1) is 0 Å². The minimum Gasteiger partial charge on any atom is -0.389 e. The maximum atomic E-state index is 10.4. The molecular formula is C13H22ClN3O. The standard InChI is InChI=1S/C13H22ClN3O/c1-10-11(12(14)17(3)15-10)8-16(2)9-13(18)6-4-5-7-13/h18H,4-9H2,1-3H3. The second-order valence-electron chi connectivity index (χ2n) is 5.58. The van der Waals surface area contributed by atoms with E-state index in [9.17, 15) is 5.11 Å². The lowest BCUT2D eigenvalue weighted by Gasteiger charge is -2.28. The van der Waals surface area contributed by atoms with E-state index < -0.39 is 5.60 Å². The number of rotatable bonds is 4. The average molecular weight is 272 g/mol. The molecule has 0 radical (unpaired) electrons. The molecule has 0 spiro atoms. The first-order valence-corrected chi connectivity index (χ1v) is 6.88. The van der Waals surface area contributed by atoms with Crippen LogP contribution in [-0.4, -0.2) is 39.0 Å². The molecule has 1 aliphatic rings. The van der Waals surface area contributed by atoms with Gasteiger partial charge < -0.3 is 5.11 Å². The van der Waals surface area contributed by atoms with Gasteiger partial charge in [0.15, 0.2) is 0 Å². The summed E-state index contributed by atoms with van der Waals surface area (Å²) in [6.45, 7) is 3.41. The van der Waals surface area contributed by atoms with Crippen LogP contribution in [0.1, 0.15) is 36.9 Å². The summed E-state index contributed by atoms with van der Waals surface area (Å²) < 4.78 is 1.70. The van der Waals surface area contributed by atoms with Crippen LogP contribution < -0.4 is 0 Å². The van der Waals surface area contributed by atoms with E-state index in [0.717, 1.165) is 43.5 Å². The third-order valence-corrected chi connectivity index (χ3v) is 4.27. The van der Waals surface area contributed by atoms with Crippen molar-refractivity contribution in [3.63, 3.8) is 0 Å². The van der Waals surface area contributed by atoms with Crippen molar-refractivity contribution in [3.05, 3.63) is 16.4 Å². The van der Waals surface area contributed by atoms with Gasteiger partial charge in [-0.3, -0.25) is 9.58 Å². The van der Waals surface area contributed by atoms with Crippen LogP contribution in [0.25, 0.3) is 0 Å². The fourth-order valence-corrected chi connectivity index (χ4v) is 3.11. The van der Waals surface area contributed by atoms with Crippen LogP contribution in [0.2, 0.25) is 5.15 Å². The third-order valence-electron chi connectivity index (χ3n) is 3.80. The van der Waals surface area contributed by atoms with Crippen molar-refractivity contribution in [1.82, 2.24) is 14.7 Å². The highest BCUT2D eigenvalue weighted by Crippen LogP contribution is 2.30. The average Bonchev–Trinajstić information content (AvgIpc) is 2.79. The second-order valence-corrected chi connectivity index (χ2v) is 5.94. The smallest absolute Gasteiger partial charge is 0.131 e. The Kier molecular flexibility index (Phi) is 3.99. The molecule has 18 heavy (non-hydrogen) atoms. The zero-order valence-electron chi connectivity index (χ0n) is 11.4. The zero-order chi connectivity index (χ0) is 13.3. The predicted molar refractivity (Wildman–Crippen MR) is 72.7 cm³/mol. The highest BCUT2D eigenvalue weighted by Gasteiger charge is 2.32. The molecule has 4 nitrogen and oxygen atoms in total. The van der Waals surface area contributed by atoms with Gasteiger partial charge >= 0.3 is 0 Å². The Morgan fingerprint density at radius 1 is 1.44 bits per heavy atom. The van der Waals surface area contributed by atoms with E-state index in [1.54, 1.807) is 4.68 Å². The Bertz CT molecular complexity index is 424. The van der Waals surface area contributed by atoms with Gasteiger partial charge in [0.25, 0.3) is 0 Å². The first-order valence-electron chi connectivity index (χ1n) is 6.50. The number of hydrogen-bond acceptors (Lipinski definition) is 3. The van der Waals surface area contributed by atoms with E-state index >= 15 is 0 Å². The van der Waals surface area contributed by atoms with Crippen molar-refractivity contribution in [2.45, 2.75) is 44.8 Å². The lowest BCUT2D eigenvalue weighted by atomic mass is 10.0. The van der Waals surface area contributed by atoms with E-state index in [1.807, 2.05) is 21.0 Å². The molecule has 0 bridgehead atoms. The van der Waals surface area contributed by atoms with Gasteiger partial charge in [-0.1, -0.05) is 24.4 Å². The molecular weight excluding hydrogens is 250 g/mol. The predicted octanol–water partition coefficient (Wildman–Crippen LogP) is 2.12. The van der Waals surface area contributed by atoms with Crippen LogP contribution in [0.15, 0.2) is 0 Å². The first kappa shape index (κ1) is 13.8. The zero-order valence-corrected chi connectivity index (χ0v) is 12.2. The maximum absolute atomic E-state index is 10.4. The molecule has 0 aliphatic heterocycles. The number of aromatic nitrogens is 2. The Balaban J connectivity index is 2.00. The quantitative estimate of drug-likeness (QED) is 0.912. The molecule has 0 saturated heterocycles. The molecule has 102 valence electrons. The van der Waals surface area contributed by atoms with Crippen molar-refractivity contribution < 1.29 is 5.11 Å². The van der Waals surface area contributed by atoms with E-state index in [2.05, 4.69) is 10.00 Å². The summed E-state index contributed by atoms with van der Waals surface area (Å²) in [5, 5.41) is 15.4. The molecule has 1 fully saturated rings. The molecule has 0 unspecified atom stereocenters. The van der Waals surface area contributed by atoms with Gasteiger partial charge in [0, 0.05) is 25.7 Å². The van der Waals surface area contributed by atoms with Crippen molar-refractivity contribution in [2.75, 3.05) is 13.6 Å². The van der Waals surface area contributed by atoms with Crippen LogP contribution in [0.3, 0.4) is 0 Å². The van der Waals surface area contributed by atoms with Gasteiger partial charge in [-0.05, 0) is 26.8 Å². The SMILES string of the molecule is Cc1nn(C)c(Cl)c1CN(C)CC1(O)CCCC1. The van der Waals surface area contributed by atoms with Gasteiger partial charge in [0.1, 0.15) is 5.15 Å². The summed E-state index contributed by atoms with van der Waals surface area (Å²) in [5.74, 6) is 0. The number of aryl methyl sites for hydroxylation is 2. The van der Waals surface area contributed by atoms with E-state index in [1.165, 1.54) is 0 Å². The lowest BCUT2D eigenvalue weighted by Crippen LogP contribution is -2.38. The van der Waals surface area contributed by atoms with Crippen LogP contribution in [-0.2, 0) is 13.6 Å². The topological polar surface area (TPSA) is 41.3 Å². The molecule has 1 aliphatic carbocycles. The van der Waals surface area contributed by atoms with Gasteiger partial charge in [0.2, 0.25) is 0 Å². The van der Waals surface area contributed by atoms with Crippen LogP contribution in [0, 0.1) is 6.92 Å². The molecule has 1 aromatic heterocycles. The first-order chi connectivity index (χ1) is 8.41. The number of nitrogens with zero attached hydrogens (tertiary/aromatic N) is 3. The van der Waals surface area contributed by atoms with Crippen LogP contribution >= 0.6 is 11.6 Å². The Morgan fingerprint density at radius 3 is 2.56 bits per heavy atom. The Labute approximate surface area is 114 Å². The number of aliphatic hydroxyl groups is 1. The number of likely N-dealkylation sites (N-methyl/N-ethyl adjacent to an activating group) is 1. The number of halogens is 1. The Hall–Kier alpha value is -0.580. The van der Waals surface area contributed by atoms with Crippen molar-refractivity contribution in [2.24, 2.45) is 7.05 Å². The summed E-state index contributed by atoms with van der Waals surface area (Å²) in [6, 6.07) is 0. The molecule has 1 heterocycles. The highest BCUT2D eigenvalue weighted by atomic mass is 35.5. The van der Waals surface area contributed by atoms with Crippen LogP contribution in [0.4, 0.5) is 0 Å². The summed E-state index contributed by atoms with van der Waals surface area (Å²) in [4.78, 5) is 2.14. The van der Waals surface area contributed by atoms with Crippen molar-refractivity contribution in [3.8, 4) is 0 Å². The summed E-state index contributed by atoms with van der Waals surface area (Å²) in [7, 11) is 3.88. The summed E-state index contributed by atoms with van der Waals surface area (Å²) in [6.07, 6.45) is 4.10. The second kappa shape index (κ2) is 5.19. The number of hydrogen-bond donors (Lipinski definition) is 1. The summed E-state index contributed by atoms with van der Waals surface area (Å²) in [5.41, 5.74) is 1.52. The molecule has 2 rings (SSSR count). The van der Waals surface area contributed by atoms with E-state index in [0.29, 0.717) is 11.7 Å².